The van der Waals surface area contributed by atoms with Crippen molar-refractivity contribution in [3.05, 3.63) is 70.7 Å². The number of fused-ring (bicyclic) bond motifs is 1. The van der Waals surface area contributed by atoms with Crippen molar-refractivity contribution in [1.82, 2.24) is 0 Å². The quantitative estimate of drug-likeness (QED) is 0.299. The first-order valence-corrected chi connectivity index (χ1v) is 11.0. The maximum atomic E-state index is 14.9. The molecule has 1 aromatic heterocycles. The third-order valence-corrected chi connectivity index (χ3v) is 5.05. The largest absolute Gasteiger partial charge is 0.453 e. The second-order valence-corrected chi connectivity index (χ2v) is 8.96. The van der Waals surface area contributed by atoms with Crippen molar-refractivity contribution in [2.24, 2.45) is 0 Å². The van der Waals surface area contributed by atoms with Crippen LogP contribution < -0.4 is 15.6 Å². The summed E-state index contributed by atoms with van der Waals surface area (Å²) in [7, 11) is 1.36. The van der Waals surface area contributed by atoms with Crippen LogP contribution in [0.2, 0.25) is 0 Å². The molecule has 0 aliphatic carbocycles. The van der Waals surface area contributed by atoms with Gasteiger partial charge in [0.2, 0.25) is 0 Å². The number of carbonyl (C=O) groups is 1. The first-order valence-electron chi connectivity index (χ1n) is 11.0. The van der Waals surface area contributed by atoms with Crippen LogP contribution in [0.15, 0.2) is 52.2 Å². The van der Waals surface area contributed by atoms with E-state index in [-0.39, 0.29) is 28.1 Å². The summed E-state index contributed by atoms with van der Waals surface area (Å²) in [6.45, 7) is 9.01. The maximum absolute atomic E-state index is 14.9. The van der Waals surface area contributed by atoms with Gasteiger partial charge in [-0.05, 0) is 51.8 Å². The van der Waals surface area contributed by atoms with E-state index in [1.807, 2.05) is 0 Å². The van der Waals surface area contributed by atoms with Gasteiger partial charge in [-0.1, -0.05) is 6.08 Å². The molecule has 1 N–H and O–H groups in total. The van der Waals surface area contributed by atoms with E-state index in [1.165, 1.54) is 19.2 Å². The van der Waals surface area contributed by atoms with E-state index >= 15 is 0 Å². The number of hydrogen-bond donors (Lipinski definition) is 1. The number of hydrogen-bond acceptors (Lipinski definition) is 5. The fourth-order valence-corrected chi connectivity index (χ4v) is 3.40. The summed E-state index contributed by atoms with van der Waals surface area (Å²) in [5, 5.41) is 2.54. The summed E-state index contributed by atoms with van der Waals surface area (Å²) < 4.78 is 54.7. The van der Waals surface area contributed by atoms with Gasteiger partial charge in [0.05, 0.1) is 16.8 Å². The Kier molecular flexibility index (Phi) is 7.57. The van der Waals surface area contributed by atoms with Crippen molar-refractivity contribution in [2.45, 2.75) is 39.2 Å². The molecule has 0 atom stereocenters. The van der Waals surface area contributed by atoms with Crippen molar-refractivity contribution < 1.29 is 27.1 Å². The van der Waals surface area contributed by atoms with Crippen LogP contribution in [0.4, 0.5) is 29.3 Å². The molecule has 3 aromatic rings. The Morgan fingerprint density at radius 1 is 1.14 bits per heavy atom. The SMILES string of the molecule is C=CCCCNc1c(F)cc(F)c2oc(-c3ccc(N(C)C(=O)OC(C)(C)C)c(F)c3)cc(=O)c12. The van der Waals surface area contributed by atoms with Crippen LogP contribution in [-0.4, -0.2) is 25.3 Å². The summed E-state index contributed by atoms with van der Waals surface area (Å²) in [4.78, 5) is 26.1. The predicted molar refractivity (Wildman–Crippen MR) is 130 cm³/mol. The van der Waals surface area contributed by atoms with Gasteiger partial charge in [0.15, 0.2) is 16.8 Å². The molecule has 0 bridgehead atoms. The molecule has 186 valence electrons. The molecule has 1 heterocycles. The Hall–Kier alpha value is -3.75. The number of benzene rings is 2. The van der Waals surface area contributed by atoms with E-state index < -0.39 is 40.2 Å². The number of halogens is 3. The first kappa shape index (κ1) is 25.9. The first-order chi connectivity index (χ1) is 16.4. The second-order valence-electron chi connectivity index (χ2n) is 8.96. The van der Waals surface area contributed by atoms with Gasteiger partial charge in [-0.15, -0.1) is 6.58 Å². The number of anilines is 2. The lowest BCUT2D eigenvalue weighted by Crippen LogP contribution is -2.34. The highest BCUT2D eigenvalue weighted by atomic mass is 19.1. The topological polar surface area (TPSA) is 71.8 Å². The summed E-state index contributed by atoms with van der Waals surface area (Å²) in [5.74, 6) is -2.89. The summed E-state index contributed by atoms with van der Waals surface area (Å²) >= 11 is 0. The van der Waals surface area contributed by atoms with E-state index in [4.69, 9.17) is 9.15 Å². The van der Waals surface area contributed by atoms with Crippen molar-refractivity contribution in [2.75, 3.05) is 23.8 Å². The Morgan fingerprint density at radius 2 is 1.86 bits per heavy atom. The summed E-state index contributed by atoms with van der Waals surface area (Å²) in [6.07, 6.45) is 2.27. The van der Waals surface area contributed by atoms with Crippen molar-refractivity contribution in [1.29, 1.82) is 0 Å². The zero-order valence-electron chi connectivity index (χ0n) is 20.0. The van der Waals surface area contributed by atoms with Gasteiger partial charge in [0, 0.05) is 31.3 Å². The molecule has 3 rings (SSSR count). The lowest BCUT2D eigenvalue weighted by Gasteiger charge is -2.25. The maximum Gasteiger partial charge on any atom is 0.414 e. The van der Waals surface area contributed by atoms with Gasteiger partial charge in [0.25, 0.3) is 0 Å². The van der Waals surface area contributed by atoms with Crippen molar-refractivity contribution >= 4 is 28.4 Å². The normalized spacial score (nSPS) is 11.4. The van der Waals surface area contributed by atoms with Crippen LogP contribution in [0.1, 0.15) is 33.6 Å². The molecule has 0 saturated carbocycles. The van der Waals surface area contributed by atoms with Crippen LogP contribution in [-0.2, 0) is 4.74 Å². The van der Waals surface area contributed by atoms with Crippen LogP contribution in [0.3, 0.4) is 0 Å². The highest BCUT2D eigenvalue weighted by Gasteiger charge is 2.23. The summed E-state index contributed by atoms with van der Waals surface area (Å²) in [6, 6.07) is 5.45. The highest BCUT2D eigenvalue weighted by molar-refractivity contribution is 5.92. The van der Waals surface area contributed by atoms with Crippen molar-refractivity contribution in [3.8, 4) is 11.3 Å². The number of unbranched alkanes of at least 4 members (excludes halogenated alkanes) is 1. The third kappa shape index (κ3) is 5.85. The number of carbonyl (C=O) groups excluding carboxylic acids is 1. The number of ether oxygens (including phenoxy) is 1. The van der Waals surface area contributed by atoms with Gasteiger partial charge in [-0.3, -0.25) is 9.69 Å². The zero-order chi connectivity index (χ0) is 25.9. The minimum absolute atomic E-state index is 0.0644. The minimum Gasteiger partial charge on any atom is -0.453 e. The van der Waals surface area contributed by atoms with Gasteiger partial charge >= 0.3 is 6.09 Å². The van der Waals surface area contributed by atoms with Gasteiger partial charge in [-0.25, -0.2) is 18.0 Å². The molecular formula is C26H27F3N2O4. The molecule has 35 heavy (non-hydrogen) atoms. The lowest BCUT2D eigenvalue weighted by molar-refractivity contribution is 0.0588. The molecule has 1 amide bonds. The Labute approximate surface area is 201 Å². The Bertz CT molecular complexity index is 1330. The Morgan fingerprint density at radius 3 is 2.49 bits per heavy atom. The van der Waals surface area contributed by atoms with Crippen LogP contribution in [0, 0.1) is 17.5 Å². The van der Waals surface area contributed by atoms with E-state index in [9.17, 15) is 22.8 Å². The highest BCUT2D eigenvalue weighted by Crippen LogP contribution is 2.32. The van der Waals surface area contributed by atoms with E-state index in [1.54, 1.807) is 26.8 Å². The standard InChI is InChI=1S/C26H27F3N2O4/c1-6-7-8-11-30-23-17(28)13-18(29)24-22(23)20(32)14-21(34-24)15-9-10-19(16(27)12-15)31(5)25(33)35-26(2,3)4/h6,9-10,12-14,30H,1,7-8,11H2,2-5H3. The molecule has 0 unspecified atom stereocenters. The van der Waals surface area contributed by atoms with Crippen LogP contribution >= 0.6 is 0 Å². The number of rotatable bonds is 7. The van der Waals surface area contributed by atoms with Gasteiger partial charge in [-0.2, -0.15) is 0 Å². The molecular weight excluding hydrogens is 461 g/mol. The number of amides is 1. The molecule has 0 saturated heterocycles. The molecule has 0 radical (unpaired) electrons. The number of nitrogens with one attached hydrogen (secondary N) is 1. The second kappa shape index (κ2) is 10.2. The fraction of sp³-hybridized carbons (Fsp3) is 0.308. The van der Waals surface area contributed by atoms with E-state index in [2.05, 4.69) is 11.9 Å². The fourth-order valence-electron chi connectivity index (χ4n) is 3.40. The molecule has 9 heteroatoms. The van der Waals surface area contributed by atoms with E-state index in [0.29, 0.717) is 25.5 Å². The van der Waals surface area contributed by atoms with Gasteiger partial charge in [0.1, 0.15) is 23.0 Å². The molecule has 0 spiro atoms. The average molecular weight is 489 g/mol. The molecule has 6 nitrogen and oxygen atoms in total. The average Bonchev–Trinajstić information content (AvgIpc) is 2.76. The van der Waals surface area contributed by atoms with Crippen LogP contribution in [0.5, 0.6) is 0 Å². The van der Waals surface area contributed by atoms with Crippen LogP contribution in [0.25, 0.3) is 22.3 Å². The molecule has 0 aliphatic heterocycles. The molecule has 0 aliphatic rings. The van der Waals surface area contributed by atoms with E-state index in [0.717, 1.165) is 17.0 Å². The van der Waals surface area contributed by atoms with Gasteiger partial charge < -0.3 is 14.5 Å². The zero-order valence-corrected chi connectivity index (χ0v) is 20.0. The third-order valence-electron chi connectivity index (χ3n) is 5.05. The number of allylic oxidation sites excluding steroid dienone is 1. The van der Waals surface area contributed by atoms with Crippen molar-refractivity contribution in [3.63, 3.8) is 0 Å². The monoisotopic (exact) mass is 488 g/mol. The minimum atomic E-state index is -1.06. The smallest absolute Gasteiger partial charge is 0.414 e. The molecule has 2 aromatic carbocycles. The predicted octanol–water partition coefficient (Wildman–Crippen LogP) is 6.63. The summed E-state index contributed by atoms with van der Waals surface area (Å²) in [5.41, 5.74) is -2.00. The lowest BCUT2D eigenvalue weighted by atomic mass is 10.1. The number of nitrogens with zero attached hydrogens (tertiary/aromatic N) is 1. The molecule has 0 fully saturated rings. The Balaban J connectivity index is 2.00.